The monoisotopic (exact) mass is 698 g/mol. The molecule has 0 aromatic heterocycles. The van der Waals surface area contributed by atoms with E-state index in [0.717, 1.165) is 32.3 Å². The summed E-state index contributed by atoms with van der Waals surface area (Å²) in [4.78, 5) is 11.5. The minimum Gasteiger partial charge on any atom is -0.463 e. The Morgan fingerprint density at radius 3 is 0.854 bits per heavy atom. The number of carbonyl (C=O) groups is 1. The van der Waals surface area contributed by atoms with Crippen LogP contribution < -0.4 is 0 Å². The van der Waals surface area contributed by atoms with Gasteiger partial charge in [0, 0.05) is 13.0 Å². The molecule has 0 unspecified atom stereocenters. The molecule has 13 heteroatoms. The SMILES string of the molecule is CCCCCCCOCCOCCOCCOCCOCCOCCOCCOCCOCCOCCOCCOC(=O)CCCCC. The van der Waals surface area contributed by atoms with Gasteiger partial charge in [-0.25, -0.2) is 0 Å². The molecule has 0 saturated carbocycles. The lowest BCUT2D eigenvalue weighted by atomic mass is 10.2. The molecule has 0 aliphatic heterocycles. The van der Waals surface area contributed by atoms with Gasteiger partial charge in [-0.1, -0.05) is 52.4 Å². The average molecular weight is 699 g/mol. The van der Waals surface area contributed by atoms with E-state index in [2.05, 4.69) is 13.8 Å². The molecule has 0 bridgehead atoms. The normalized spacial score (nSPS) is 11.5. The quantitative estimate of drug-likeness (QED) is 0.0665. The van der Waals surface area contributed by atoms with Crippen LogP contribution in [0.15, 0.2) is 0 Å². The van der Waals surface area contributed by atoms with Crippen molar-refractivity contribution in [3.8, 4) is 0 Å². The zero-order valence-electron chi connectivity index (χ0n) is 30.4. The fourth-order valence-corrected chi connectivity index (χ4v) is 3.91. The van der Waals surface area contributed by atoms with Crippen molar-refractivity contribution in [3.05, 3.63) is 0 Å². The van der Waals surface area contributed by atoms with Crippen molar-refractivity contribution >= 4 is 5.97 Å². The maximum Gasteiger partial charge on any atom is 0.305 e. The number of rotatable bonds is 43. The lowest BCUT2D eigenvalue weighted by Crippen LogP contribution is -2.15. The Morgan fingerprint density at radius 2 is 0.542 bits per heavy atom. The van der Waals surface area contributed by atoms with Crippen LogP contribution in [0.2, 0.25) is 0 Å². The van der Waals surface area contributed by atoms with Crippen LogP contribution in [0.3, 0.4) is 0 Å². The molecule has 0 aliphatic rings. The first-order chi connectivity index (χ1) is 23.8. The lowest BCUT2D eigenvalue weighted by molar-refractivity contribution is -0.145. The van der Waals surface area contributed by atoms with Gasteiger partial charge < -0.3 is 56.8 Å². The van der Waals surface area contributed by atoms with Gasteiger partial charge in [-0.05, 0) is 12.8 Å². The number of hydrogen-bond acceptors (Lipinski definition) is 13. The topological polar surface area (TPSA) is 128 Å². The lowest BCUT2D eigenvalue weighted by Gasteiger charge is -2.09. The molecule has 0 amide bonds. The van der Waals surface area contributed by atoms with Gasteiger partial charge in [-0.3, -0.25) is 4.79 Å². The van der Waals surface area contributed by atoms with Gasteiger partial charge in [0.1, 0.15) is 6.61 Å². The van der Waals surface area contributed by atoms with E-state index in [1.807, 2.05) is 0 Å². The van der Waals surface area contributed by atoms with Gasteiger partial charge >= 0.3 is 5.97 Å². The number of unbranched alkanes of at least 4 members (excludes halogenated alkanes) is 6. The third-order valence-corrected chi connectivity index (χ3v) is 6.59. The first-order valence-electron chi connectivity index (χ1n) is 18.3. The highest BCUT2D eigenvalue weighted by Gasteiger charge is 2.02. The maximum absolute atomic E-state index is 11.5. The molecule has 0 atom stereocenters. The number of ether oxygens (including phenoxy) is 12. The number of hydrogen-bond donors (Lipinski definition) is 0. The molecule has 0 fully saturated rings. The fourth-order valence-electron chi connectivity index (χ4n) is 3.91. The average Bonchev–Trinajstić information content (AvgIpc) is 3.09. The van der Waals surface area contributed by atoms with Crippen LogP contribution >= 0.6 is 0 Å². The van der Waals surface area contributed by atoms with Crippen LogP contribution in [0.5, 0.6) is 0 Å². The predicted molar refractivity (Wildman–Crippen MR) is 183 cm³/mol. The third kappa shape index (κ3) is 43.1. The second-order valence-electron chi connectivity index (χ2n) is 10.8. The van der Waals surface area contributed by atoms with Gasteiger partial charge in [0.05, 0.1) is 139 Å². The summed E-state index contributed by atoms with van der Waals surface area (Å²) in [5.74, 6) is -0.158. The second kappa shape index (κ2) is 44.1. The van der Waals surface area contributed by atoms with E-state index in [0.29, 0.717) is 145 Å². The standard InChI is InChI=1S/C35H70O13/c1-3-5-7-8-10-12-37-13-14-38-15-16-39-17-18-40-19-20-41-21-22-42-23-24-43-25-26-44-27-28-45-29-30-46-31-32-47-33-34-48-35(36)11-9-6-4-2/h3-34H2,1-2H3. The summed E-state index contributed by atoms with van der Waals surface area (Å²) in [6.45, 7) is 16.2. The molecule has 0 spiro atoms. The summed E-state index contributed by atoms with van der Waals surface area (Å²) in [5.41, 5.74) is 0. The summed E-state index contributed by atoms with van der Waals surface area (Å²) in [6.07, 6.45) is 9.77. The van der Waals surface area contributed by atoms with Gasteiger partial charge in [-0.2, -0.15) is 0 Å². The number of esters is 1. The molecule has 13 nitrogen and oxygen atoms in total. The molecule has 0 aromatic carbocycles. The fraction of sp³-hybridized carbons (Fsp3) is 0.971. The van der Waals surface area contributed by atoms with Crippen LogP contribution in [0.25, 0.3) is 0 Å². The van der Waals surface area contributed by atoms with Gasteiger partial charge in [-0.15, -0.1) is 0 Å². The molecule has 0 rings (SSSR count). The van der Waals surface area contributed by atoms with Crippen molar-refractivity contribution in [1.82, 2.24) is 0 Å². The van der Waals surface area contributed by atoms with Crippen molar-refractivity contribution in [2.75, 3.05) is 152 Å². The Balaban J connectivity index is 3.07. The van der Waals surface area contributed by atoms with E-state index in [1.165, 1.54) is 25.7 Å². The van der Waals surface area contributed by atoms with Crippen LogP contribution in [-0.4, -0.2) is 158 Å². The smallest absolute Gasteiger partial charge is 0.305 e. The Labute approximate surface area is 291 Å². The molecule has 288 valence electrons. The second-order valence-corrected chi connectivity index (χ2v) is 10.8. The Bertz CT molecular complexity index is 601. The van der Waals surface area contributed by atoms with Gasteiger partial charge in [0.2, 0.25) is 0 Å². The maximum atomic E-state index is 11.5. The first kappa shape index (κ1) is 47.0. The Hall–Kier alpha value is -0.970. The highest BCUT2D eigenvalue weighted by molar-refractivity contribution is 5.69. The van der Waals surface area contributed by atoms with Gasteiger partial charge in [0.25, 0.3) is 0 Å². The van der Waals surface area contributed by atoms with Crippen molar-refractivity contribution < 1.29 is 61.6 Å². The van der Waals surface area contributed by atoms with E-state index >= 15 is 0 Å². The highest BCUT2D eigenvalue weighted by atomic mass is 16.6. The summed E-state index contributed by atoms with van der Waals surface area (Å²) >= 11 is 0. The van der Waals surface area contributed by atoms with Crippen molar-refractivity contribution in [3.63, 3.8) is 0 Å². The van der Waals surface area contributed by atoms with E-state index in [4.69, 9.17) is 56.8 Å². The van der Waals surface area contributed by atoms with Gasteiger partial charge in [0.15, 0.2) is 0 Å². The molecule has 0 radical (unpaired) electrons. The summed E-state index contributed by atoms with van der Waals surface area (Å²) in [5, 5.41) is 0. The molecule has 0 heterocycles. The zero-order chi connectivity index (χ0) is 34.7. The summed E-state index contributed by atoms with van der Waals surface area (Å²) in [6, 6.07) is 0. The minimum atomic E-state index is -0.158. The molecule has 0 aliphatic carbocycles. The van der Waals surface area contributed by atoms with Crippen molar-refractivity contribution in [1.29, 1.82) is 0 Å². The van der Waals surface area contributed by atoms with Crippen LogP contribution in [-0.2, 0) is 61.6 Å². The van der Waals surface area contributed by atoms with Crippen LogP contribution in [0, 0.1) is 0 Å². The van der Waals surface area contributed by atoms with E-state index in [1.54, 1.807) is 0 Å². The Morgan fingerprint density at radius 1 is 0.292 bits per heavy atom. The van der Waals surface area contributed by atoms with Crippen molar-refractivity contribution in [2.24, 2.45) is 0 Å². The molecule has 48 heavy (non-hydrogen) atoms. The molecule has 0 saturated heterocycles. The summed E-state index contributed by atoms with van der Waals surface area (Å²) in [7, 11) is 0. The molecular formula is C35H70O13. The van der Waals surface area contributed by atoms with Crippen LogP contribution in [0.1, 0.15) is 71.6 Å². The zero-order valence-corrected chi connectivity index (χ0v) is 30.4. The van der Waals surface area contributed by atoms with E-state index in [-0.39, 0.29) is 12.6 Å². The molecular weight excluding hydrogens is 628 g/mol. The largest absolute Gasteiger partial charge is 0.463 e. The van der Waals surface area contributed by atoms with E-state index < -0.39 is 0 Å². The highest BCUT2D eigenvalue weighted by Crippen LogP contribution is 2.02. The Kier molecular flexibility index (Phi) is 43.2. The molecule has 0 aromatic rings. The summed E-state index contributed by atoms with van der Waals surface area (Å²) < 4.78 is 65.4. The minimum absolute atomic E-state index is 0.158. The third-order valence-electron chi connectivity index (χ3n) is 6.59. The van der Waals surface area contributed by atoms with E-state index in [9.17, 15) is 4.79 Å². The number of carbonyl (C=O) groups excluding carboxylic acids is 1. The molecule has 0 N–H and O–H groups in total. The van der Waals surface area contributed by atoms with Crippen molar-refractivity contribution in [2.45, 2.75) is 71.6 Å². The predicted octanol–water partition coefficient (Wildman–Crippen LogP) is 4.26. The van der Waals surface area contributed by atoms with Crippen LogP contribution in [0.4, 0.5) is 0 Å². The first-order valence-corrected chi connectivity index (χ1v) is 18.3.